The number of benzene rings is 2. The van der Waals surface area contributed by atoms with E-state index in [1.807, 2.05) is 31.2 Å². The normalized spacial score (nSPS) is 17.0. The molecule has 2 aromatic carbocycles. The Balaban J connectivity index is 1.61. The highest BCUT2D eigenvalue weighted by atomic mass is 19.1. The van der Waals surface area contributed by atoms with Crippen molar-refractivity contribution in [1.29, 1.82) is 0 Å². The van der Waals surface area contributed by atoms with Crippen molar-refractivity contribution in [3.8, 4) is 0 Å². The zero-order valence-electron chi connectivity index (χ0n) is 16.7. The van der Waals surface area contributed by atoms with Crippen LogP contribution in [0, 0.1) is 17.6 Å². The number of aryl methyl sites for hydroxylation is 1. The van der Waals surface area contributed by atoms with Crippen molar-refractivity contribution in [1.82, 2.24) is 0 Å². The number of carbonyl (C=O) groups is 3. The Bertz CT molecular complexity index is 979. The Labute approximate surface area is 172 Å². The molecule has 8 heteroatoms. The minimum atomic E-state index is -1.21. The molecule has 0 spiro atoms. The van der Waals surface area contributed by atoms with Crippen LogP contribution in [0.2, 0.25) is 0 Å². The standard InChI is InChI=1S/C22H22F2N2O4/c1-3-14-6-4-5-7-19(14)26-12-15(10-20(26)27)22(29)30-13(2)21(28)25-18-9-8-16(23)11-17(18)24/h4-9,11,13,15H,3,10,12H2,1-2H3,(H,25,28)/t13-,15-/m1/s1. The number of nitrogens with zero attached hydrogens (tertiary/aromatic N) is 1. The molecule has 30 heavy (non-hydrogen) atoms. The lowest BCUT2D eigenvalue weighted by Gasteiger charge is -2.20. The van der Waals surface area contributed by atoms with Crippen molar-refractivity contribution in [2.45, 2.75) is 32.8 Å². The van der Waals surface area contributed by atoms with Gasteiger partial charge in [0.25, 0.3) is 5.91 Å². The molecule has 1 N–H and O–H groups in total. The summed E-state index contributed by atoms with van der Waals surface area (Å²) in [6.07, 6.45) is -0.488. The highest BCUT2D eigenvalue weighted by molar-refractivity contribution is 6.01. The summed E-state index contributed by atoms with van der Waals surface area (Å²) in [4.78, 5) is 38.7. The fraction of sp³-hybridized carbons (Fsp3) is 0.318. The van der Waals surface area contributed by atoms with E-state index in [1.165, 1.54) is 6.92 Å². The Morgan fingerprint density at radius 1 is 1.23 bits per heavy atom. The molecule has 0 aliphatic carbocycles. The van der Waals surface area contributed by atoms with Crippen molar-refractivity contribution < 1.29 is 27.9 Å². The number of hydrogen-bond donors (Lipinski definition) is 1. The number of rotatable bonds is 6. The number of para-hydroxylation sites is 1. The van der Waals surface area contributed by atoms with E-state index in [0.717, 1.165) is 29.8 Å². The fourth-order valence-electron chi connectivity index (χ4n) is 3.32. The highest BCUT2D eigenvalue weighted by Gasteiger charge is 2.37. The molecule has 0 aromatic heterocycles. The van der Waals surface area contributed by atoms with E-state index in [4.69, 9.17) is 4.74 Å². The lowest BCUT2D eigenvalue weighted by atomic mass is 10.1. The lowest BCUT2D eigenvalue weighted by molar-refractivity contribution is -0.157. The first-order chi connectivity index (χ1) is 14.3. The largest absolute Gasteiger partial charge is 0.452 e. The fourth-order valence-corrected chi connectivity index (χ4v) is 3.32. The smallest absolute Gasteiger partial charge is 0.312 e. The first kappa shape index (κ1) is 21.4. The van der Waals surface area contributed by atoms with Crippen molar-refractivity contribution >= 4 is 29.2 Å². The summed E-state index contributed by atoms with van der Waals surface area (Å²) in [6, 6.07) is 10.2. The number of ether oxygens (including phenoxy) is 1. The van der Waals surface area contributed by atoms with E-state index in [0.29, 0.717) is 6.07 Å². The average Bonchev–Trinajstić information content (AvgIpc) is 3.11. The van der Waals surface area contributed by atoms with Gasteiger partial charge in [0.15, 0.2) is 6.10 Å². The van der Waals surface area contributed by atoms with Crippen LogP contribution in [0.25, 0.3) is 0 Å². The third-order valence-corrected chi connectivity index (χ3v) is 4.97. The second-order valence-corrected chi connectivity index (χ2v) is 7.08. The lowest BCUT2D eigenvalue weighted by Crippen LogP contribution is -2.33. The molecule has 2 atom stereocenters. The number of carbonyl (C=O) groups excluding carboxylic acids is 3. The van der Waals surface area contributed by atoms with Crippen LogP contribution in [0.3, 0.4) is 0 Å². The Morgan fingerprint density at radius 2 is 1.97 bits per heavy atom. The van der Waals surface area contributed by atoms with E-state index >= 15 is 0 Å². The molecule has 1 saturated heterocycles. The summed E-state index contributed by atoms with van der Waals surface area (Å²) >= 11 is 0. The third-order valence-electron chi connectivity index (χ3n) is 4.97. The molecule has 1 aliphatic rings. The molecule has 1 heterocycles. The van der Waals surface area contributed by atoms with Gasteiger partial charge in [0, 0.05) is 24.7 Å². The number of esters is 1. The molecule has 0 radical (unpaired) electrons. The average molecular weight is 416 g/mol. The first-order valence-electron chi connectivity index (χ1n) is 9.64. The quantitative estimate of drug-likeness (QED) is 0.732. The Hall–Kier alpha value is -3.29. The van der Waals surface area contributed by atoms with E-state index in [1.54, 1.807) is 4.90 Å². The molecule has 0 saturated carbocycles. The van der Waals surface area contributed by atoms with Gasteiger partial charge >= 0.3 is 5.97 Å². The monoisotopic (exact) mass is 416 g/mol. The summed E-state index contributed by atoms with van der Waals surface area (Å²) in [7, 11) is 0. The van der Waals surface area contributed by atoms with Gasteiger partial charge in [-0.15, -0.1) is 0 Å². The molecule has 1 fully saturated rings. The van der Waals surface area contributed by atoms with Gasteiger partial charge in [-0.05, 0) is 37.1 Å². The minimum Gasteiger partial charge on any atom is -0.452 e. The van der Waals surface area contributed by atoms with Gasteiger partial charge in [-0.3, -0.25) is 14.4 Å². The SMILES string of the molecule is CCc1ccccc1N1C[C@H](C(=O)O[C@H](C)C(=O)Nc2ccc(F)cc2F)CC1=O. The van der Waals surface area contributed by atoms with E-state index < -0.39 is 35.5 Å². The van der Waals surface area contributed by atoms with Gasteiger partial charge in [0.05, 0.1) is 11.6 Å². The predicted octanol–water partition coefficient (Wildman–Crippen LogP) is 3.45. The molecule has 0 unspecified atom stereocenters. The zero-order chi connectivity index (χ0) is 21.8. The molecule has 0 bridgehead atoms. The molecule has 6 nitrogen and oxygen atoms in total. The second kappa shape index (κ2) is 9.02. The molecule has 1 aliphatic heterocycles. The van der Waals surface area contributed by atoms with Crippen LogP contribution >= 0.6 is 0 Å². The number of halogens is 2. The van der Waals surface area contributed by atoms with Crippen LogP contribution in [0.5, 0.6) is 0 Å². The van der Waals surface area contributed by atoms with Crippen LogP contribution in [-0.2, 0) is 25.5 Å². The van der Waals surface area contributed by atoms with Gasteiger partial charge in [-0.1, -0.05) is 25.1 Å². The van der Waals surface area contributed by atoms with Crippen LogP contribution in [0.4, 0.5) is 20.2 Å². The van der Waals surface area contributed by atoms with Crippen molar-refractivity contribution in [3.05, 3.63) is 59.7 Å². The van der Waals surface area contributed by atoms with E-state index in [9.17, 15) is 23.2 Å². The van der Waals surface area contributed by atoms with Crippen LogP contribution in [-0.4, -0.2) is 30.4 Å². The summed E-state index contributed by atoms with van der Waals surface area (Å²) in [5.74, 6) is -4.05. The molecule has 2 aromatic rings. The van der Waals surface area contributed by atoms with E-state index in [-0.39, 0.29) is 24.6 Å². The number of hydrogen-bond acceptors (Lipinski definition) is 4. The van der Waals surface area contributed by atoms with Crippen LogP contribution < -0.4 is 10.2 Å². The maximum absolute atomic E-state index is 13.7. The third kappa shape index (κ3) is 4.64. The number of anilines is 2. The van der Waals surface area contributed by atoms with Crippen LogP contribution in [0.1, 0.15) is 25.8 Å². The molecular formula is C22H22F2N2O4. The predicted molar refractivity (Wildman–Crippen MR) is 107 cm³/mol. The molecule has 158 valence electrons. The summed E-state index contributed by atoms with van der Waals surface area (Å²) < 4.78 is 31.8. The van der Waals surface area contributed by atoms with Gasteiger partial charge in [-0.25, -0.2) is 8.78 Å². The Kier molecular flexibility index (Phi) is 6.44. The van der Waals surface area contributed by atoms with Gasteiger partial charge in [-0.2, -0.15) is 0 Å². The molecular weight excluding hydrogens is 394 g/mol. The number of nitrogens with one attached hydrogen (secondary N) is 1. The van der Waals surface area contributed by atoms with Gasteiger partial charge in [0.2, 0.25) is 5.91 Å². The molecule has 3 rings (SSSR count). The topological polar surface area (TPSA) is 75.7 Å². The highest BCUT2D eigenvalue weighted by Crippen LogP contribution is 2.29. The van der Waals surface area contributed by atoms with Gasteiger partial charge in [0.1, 0.15) is 11.6 Å². The summed E-state index contributed by atoms with van der Waals surface area (Å²) in [5.41, 5.74) is 1.54. The van der Waals surface area contributed by atoms with Crippen molar-refractivity contribution in [2.24, 2.45) is 5.92 Å². The van der Waals surface area contributed by atoms with Gasteiger partial charge < -0.3 is 15.0 Å². The zero-order valence-corrected chi connectivity index (χ0v) is 16.7. The first-order valence-corrected chi connectivity index (χ1v) is 9.64. The summed E-state index contributed by atoms with van der Waals surface area (Å²) in [5, 5.41) is 2.26. The Morgan fingerprint density at radius 3 is 2.67 bits per heavy atom. The minimum absolute atomic E-state index is 0.0161. The second-order valence-electron chi connectivity index (χ2n) is 7.08. The molecule has 2 amide bonds. The van der Waals surface area contributed by atoms with E-state index in [2.05, 4.69) is 5.32 Å². The van der Waals surface area contributed by atoms with Crippen molar-refractivity contribution in [2.75, 3.05) is 16.8 Å². The maximum Gasteiger partial charge on any atom is 0.312 e. The van der Waals surface area contributed by atoms with Crippen LogP contribution in [0.15, 0.2) is 42.5 Å². The van der Waals surface area contributed by atoms with Crippen molar-refractivity contribution in [3.63, 3.8) is 0 Å². The number of amides is 2. The summed E-state index contributed by atoms with van der Waals surface area (Å²) in [6.45, 7) is 3.49. The maximum atomic E-state index is 13.7.